The molecular weight excluding hydrogens is 328 g/mol. The minimum absolute atomic E-state index is 0.295. The molecule has 1 aromatic carbocycles. The lowest BCUT2D eigenvalue weighted by Crippen LogP contribution is -2.22. The topological polar surface area (TPSA) is 104 Å². The summed E-state index contributed by atoms with van der Waals surface area (Å²) in [4.78, 5) is 9.31. The van der Waals surface area contributed by atoms with Gasteiger partial charge in [0.2, 0.25) is 0 Å². The molecule has 7 nitrogen and oxygen atoms in total. The summed E-state index contributed by atoms with van der Waals surface area (Å²) in [5.74, 6) is 5.57. The largest absolute Gasteiger partial charge is 0.382 e. The Kier molecular flexibility index (Phi) is 4.53. The van der Waals surface area contributed by atoms with E-state index in [0.29, 0.717) is 18.5 Å². The van der Waals surface area contributed by atoms with Crippen molar-refractivity contribution >= 4 is 17.0 Å². The monoisotopic (exact) mass is 350 g/mol. The highest BCUT2D eigenvalue weighted by Crippen LogP contribution is 2.22. The van der Waals surface area contributed by atoms with Crippen molar-refractivity contribution in [3.05, 3.63) is 54.0 Å². The average Bonchev–Trinajstić information content (AvgIpc) is 3.06. The van der Waals surface area contributed by atoms with Gasteiger partial charge in [-0.25, -0.2) is 9.97 Å². The first kappa shape index (κ1) is 16.5. The Morgan fingerprint density at radius 1 is 1.31 bits per heavy atom. The number of hydrazone groups is 1. The molecule has 1 fully saturated rings. The summed E-state index contributed by atoms with van der Waals surface area (Å²) >= 11 is 0. The molecular formula is C19H22N6O. The summed E-state index contributed by atoms with van der Waals surface area (Å²) in [7, 11) is 0. The minimum atomic E-state index is 0.295. The van der Waals surface area contributed by atoms with Crippen molar-refractivity contribution in [1.82, 2.24) is 14.5 Å². The van der Waals surface area contributed by atoms with Crippen molar-refractivity contribution in [2.45, 2.75) is 31.8 Å². The molecule has 2 heterocycles. The van der Waals surface area contributed by atoms with Crippen LogP contribution in [0.15, 0.2) is 47.8 Å². The van der Waals surface area contributed by atoms with E-state index in [1.807, 2.05) is 47.3 Å². The van der Waals surface area contributed by atoms with Gasteiger partial charge in [0, 0.05) is 23.9 Å². The van der Waals surface area contributed by atoms with Gasteiger partial charge in [0.15, 0.2) is 5.65 Å². The van der Waals surface area contributed by atoms with Crippen LogP contribution in [0.1, 0.15) is 30.5 Å². The Labute approximate surface area is 151 Å². The number of fused-ring (bicyclic) bond motifs is 1. The standard InChI is InChI=1S/C19H22N6O/c20-18(24-21)13-3-1-4-15(11-13)25-9-7-17-19(25)22-12-14(23-17)8-10-26-16-5-2-6-16/h1,3-4,7,9,11-12,16H,2,5-6,8,10,21H2,(H2,20,24). The van der Waals surface area contributed by atoms with Crippen LogP contribution < -0.4 is 11.6 Å². The number of nitrogens with two attached hydrogens (primary N) is 2. The third-order valence-electron chi connectivity index (χ3n) is 4.76. The van der Waals surface area contributed by atoms with Gasteiger partial charge >= 0.3 is 0 Å². The highest BCUT2D eigenvalue weighted by atomic mass is 16.5. The van der Waals surface area contributed by atoms with Crippen LogP contribution in [-0.2, 0) is 11.2 Å². The summed E-state index contributed by atoms with van der Waals surface area (Å²) in [6.07, 6.45) is 8.66. The van der Waals surface area contributed by atoms with Crippen molar-refractivity contribution in [3.63, 3.8) is 0 Å². The number of ether oxygens (including phenoxy) is 1. The number of hydrogen-bond acceptors (Lipinski definition) is 5. The number of nitrogens with zero attached hydrogens (tertiary/aromatic N) is 4. The SMILES string of the molecule is N/N=C(\N)c1cccc(-n2ccc3nc(CCOC4CCC4)cnc32)c1. The van der Waals surface area contributed by atoms with Crippen LogP contribution in [0, 0.1) is 0 Å². The molecule has 134 valence electrons. The fraction of sp³-hybridized carbons (Fsp3) is 0.316. The molecule has 3 aromatic rings. The maximum absolute atomic E-state index is 5.81. The van der Waals surface area contributed by atoms with E-state index >= 15 is 0 Å². The van der Waals surface area contributed by atoms with E-state index in [-0.39, 0.29) is 0 Å². The van der Waals surface area contributed by atoms with Crippen LogP contribution in [0.2, 0.25) is 0 Å². The Morgan fingerprint density at radius 3 is 2.96 bits per heavy atom. The Bertz CT molecular complexity index is 944. The average molecular weight is 350 g/mol. The minimum Gasteiger partial charge on any atom is -0.382 e. The van der Waals surface area contributed by atoms with Gasteiger partial charge in [0.05, 0.1) is 24.6 Å². The van der Waals surface area contributed by atoms with E-state index in [2.05, 4.69) is 10.1 Å². The van der Waals surface area contributed by atoms with E-state index in [4.69, 9.17) is 21.3 Å². The molecule has 0 atom stereocenters. The first-order valence-corrected chi connectivity index (χ1v) is 8.83. The van der Waals surface area contributed by atoms with Gasteiger partial charge in [-0.15, -0.1) is 0 Å². The van der Waals surface area contributed by atoms with Crippen LogP contribution in [-0.4, -0.2) is 33.1 Å². The van der Waals surface area contributed by atoms with Crippen molar-refractivity contribution in [2.24, 2.45) is 16.7 Å². The second-order valence-corrected chi connectivity index (χ2v) is 6.49. The molecule has 0 amide bonds. The molecule has 26 heavy (non-hydrogen) atoms. The molecule has 0 radical (unpaired) electrons. The van der Waals surface area contributed by atoms with Crippen LogP contribution in [0.4, 0.5) is 0 Å². The predicted molar refractivity (Wildman–Crippen MR) is 101 cm³/mol. The maximum atomic E-state index is 5.81. The normalized spacial score (nSPS) is 15.3. The van der Waals surface area contributed by atoms with Crippen molar-refractivity contribution in [1.29, 1.82) is 0 Å². The van der Waals surface area contributed by atoms with Crippen LogP contribution in [0.5, 0.6) is 0 Å². The van der Waals surface area contributed by atoms with Gasteiger partial charge in [0.1, 0.15) is 11.4 Å². The zero-order valence-corrected chi connectivity index (χ0v) is 14.5. The lowest BCUT2D eigenvalue weighted by molar-refractivity contribution is 0.00386. The molecule has 2 aromatic heterocycles. The van der Waals surface area contributed by atoms with Gasteiger partial charge in [-0.2, -0.15) is 5.10 Å². The number of amidine groups is 1. The maximum Gasteiger partial charge on any atom is 0.163 e. The smallest absolute Gasteiger partial charge is 0.163 e. The number of hydrogen-bond donors (Lipinski definition) is 2. The molecule has 7 heteroatoms. The second kappa shape index (κ2) is 7.13. The molecule has 1 aliphatic rings. The molecule has 0 saturated heterocycles. The van der Waals surface area contributed by atoms with Crippen molar-refractivity contribution in [3.8, 4) is 5.69 Å². The lowest BCUT2D eigenvalue weighted by atomic mass is 9.96. The summed E-state index contributed by atoms with van der Waals surface area (Å²) < 4.78 is 7.78. The third-order valence-corrected chi connectivity index (χ3v) is 4.76. The molecule has 0 spiro atoms. The molecule has 1 aliphatic carbocycles. The lowest BCUT2D eigenvalue weighted by Gasteiger charge is -2.25. The molecule has 4 N–H and O–H groups in total. The highest BCUT2D eigenvalue weighted by Gasteiger charge is 2.17. The summed E-state index contributed by atoms with van der Waals surface area (Å²) in [5, 5.41) is 3.55. The van der Waals surface area contributed by atoms with Gasteiger partial charge in [-0.3, -0.25) is 4.57 Å². The Morgan fingerprint density at radius 2 is 2.19 bits per heavy atom. The van der Waals surface area contributed by atoms with Gasteiger partial charge in [-0.1, -0.05) is 12.1 Å². The quantitative estimate of drug-likeness (QED) is 0.307. The van der Waals surface area contributed by atoms with Gasteiger partial charge < -0.3 is 16.3 Å². The van der Waals surface area contributed by atoms with Gasteiger partial charge in [-0.05, 0) is 37.5 Å². The fourth-order valence-electron chi connectivity index (χ4n) is 3.03. The molecule has 4 rings (SSSR count). The van der Waals surface area contributed by atoms with E-state index in [9.17, 15) is 0 Å². The first-order valence-electron chi connectivity index (χ1n) is 8.83. The van der Waals surface area contributed by atoms with Crippen LogP contribution >= 0.6 is 0 Å². The van der Waals surface area contributed by atoms with Crippen LogP contribution in [0.3, 0.4) is 0 Å². The van der Waals surface area contributed by atoms with Crippen LogP contribution in [0.25, 0.3) is 16.9 Å². The first-order chi connectivity index (χ1) is 12.7. The number of rotatable bonds is 6. The van der Waals surface area contributed by atoms with E-state index in [0.717, 1.165) is 34.5 Å². The zero-order valence-electron chi connectivity index (χ0n) is 14.5. The molecule has 1 saturated carbocycles. The van der Waals surface area contributed by atoms with E-state index in [1.165, 1.54) is 19.3 Å². The summed E-state index contributed by atoms with van der Waals surface area (Å²) in [6, 6.07) is 9.65. The molecule has 0 aliphatic heterocycles. The Balaban J connectivity index is 1.55. The summed E-state index contributed by atoms with van der Waals surface area (Å²) in [5.41, 5.74) is 10.1. The number of benzene rings is 1. The van der Waals surface area contributed by atoms with E-state index in [1.54, 1.807) is 0 Å². The van der Waals surface area contributed by atoms with Crippen molar-refractivity contribution in [2.75, 3.05) is 6.61 Å². The highest BCUT2D eigenvalue weighted by molar-refractivity contribution is 5.97. The third kappa shape index (κ3) is 3.25. The van der Waals surface area contributed by atoms with Crippen molar-refractivity contribution < 1.29 is 4.74 Å². The fourth-order valence-corrected chi connectivity index (χ4v) is 3.03. The molecule has 0 unspecified atom stereocenters. The Hall–Kier alpha value is -2.93. The van der Waals surface area contributed by atoms with Gasteiger partial charge in [0.25, 0.3) is 0 Å². The molecule has 0 bridgehead atoms. The second-order valence-electron chi connectivity index (χ2n) is 6.49. The summed E-state index contributed by atoms with van der Waals surface area (Å²) in [6.45, 7) is 0.700. The number of aromatic nitrogens is 3. The predicted octanol–water partition coefficient (Wildman–Crippen LogP) is 2.11. The zero-order chi connectivity index (χ0) is 17.9. The van der Waals surface area contributed by atoms with E-state index < -0.39 is 0 Å².